The van der Waals surface area contributed by atoms with Crippen LogP contribution >= 0.6 is 0 Å². The first kappa shape index (κ1) is 36.3. The molecule has 0 unspecified atom stereocenters. The Morgan fingerprint density at radius 3 is 2.33 bits per heavy atom. The molecule has 2 fully saturated rings. The van der Waals surface area contributed by atoms with E-state index in [0.29, 0.717) is 40.9 Å². The number of hydrogen-bond acceptors (Lipinski definition) is 6. The van der Waals surface area contributed by atoms with Crippen molar-refractivity contribution in [2.45, 2.75) is 91.4 Å². The molecule has 5 rings (SSSR count). The van der Waals surface area contributed by atoms with Gasteiger partial charge in [-0.05, 0) is 76.2 Å². The Hall–Kier alpha value is -3.70. The fraction of sp³-hybridized carbons (Fsp3) is 0.529. The van der Waals surface area contributed by atoms with Gasteiger partial charge in [0.25, 0.3) is 0 Å². The van der Waals surface area contributed by atoms with E-state index in [1.165, 1.54) is 45.0 Å². The number of unbranched alkanes of at least 4 members (excludes halogenated alkanes) is 3. The van der Waals surface area contributed by atoms with Crippen LogP contribution in [0.25, 0.3) is 22.2 Å². The first-order valence-corrected chi connectivity index (χ1v) is 15.1. The van der Waals surface area contributed by atoms with E-state index in [0.717, 1.165) is 43.3 Å². The summed E-state index contributed by atoms with van der Waals surface area (Å²) in [6.07, 6.45) is 23.7. The lowest BCUT2D eigenvalue weighted by atomic mass is 9.94. The molecule has 3 aromatic rings. The summed E-state index contributed by atoms with van der Waals surface area (Å²) in [5.41, 5.74) is 6.76. The molecule has 8 heteroatoms. The lowest BCUT2D eigenvalue weighted by Gasteiger charge is -2.28. The zero-order valence-corrected chi connectivity index (χ0v) is 26.0. The molecule has 42 heavy (non-hydrogen) atoms. The fourth-order valence-electron chi connectivity index (χ4n) is 4.80. The number of rotatable bonds is 9. The third-order valence-electron chi connectivity index (χ3n) is 7.62. The van der Waals surface area contributed by atoms with Crippen molar-refractivity contribution in [1.82, 2.24) is 14.9 Å². The Balaban J connectivity index is 0.000000452. The lowest BCUT2D eigenvalue weighted by Crippen LogP contribution is -2.30. The monoisotopic (exact) mass is 578 g/mol. The number of fused-ring (bicyclic) bond motifs is 1. The molecule has 2 aromatic heterocycles. The predicted octanol–water partition coefficient (Wildman–Crippen LogP) is 6.52. The van der Waals surface area contributed by atoms with E-state index in [-0.39, 0.29) is 11.8 Å². The number of nitrogens with two attached hydrogens (primary N) is 1. The minimum Gasteiger partial charge on any atom is -0.463 e. The predicted molar refractivity (Wildman–Crippen MR) is 172 cm³/mol. The van der Waals surface area contributed by atoms with E-state index >= 15 is 0 Å². The van der Waals surface area contributed by atoms with E-state index in [9.17, 15) is 9.59 Å². The van der Waals surface area contributed by atoms with E-state index < -0.39 is 0 Å². The van der Waals surface area contributed by atoms with E-state index in [1.54, 1.807) is 18.3 Å². The Bertz CT molecular complexity index is 1260. The number of amides is 1. The average molecular weight is 579 g/mol. The number of Topliss-reactive ketones (excluding diaryl/α,β-unsaturated/α-hetero) is 1. The highest BCUT2D eigenvalue weighted by atomic mass is 16.3. The van der Waals surface area contributed by atoms with Crippen molar-refractivity contribution in [3.05, 3.63) is 52.8 Å². The molecule has 1 saturated carbocycles. The smallest absolute Gasteiger partial charge is 0.204 e. The van der Waals surface area contributed by atoms with Gasteiger partial charge in [0.2, 0.25) is 11.8 Å². The number of para-hydroxylation sites is 1. The summed E-state index contributed by atoms with van der Waals surface area (Å²) >= 11 is 0. The van der Waals surface area contributed by atoms with E-state index in [2.05, 4.69) is 40.5 Å². The van der Waals surface area contributed by atoms with Crippen LogP contribution < -0.4 is 11.2 Å². The highest BCUT2D eigenvalue weighted by molar-refractivity contribution is 5.80. The molecule has 0 radical (unpaired) electrons. The standard InChI is InChI=1S/C21H24N2O3.C8H15N.C2H6.C2H2.CH3NO/c1-2-15(24)9-5-3-4-6-12-20-22-13-18(23-20)17-14-26-19-11-8-7-10-16(19)21(17)25;1-9-6-4-8(2-3-8)5-7-9;2*1-2;2-1-3/h7-8,10-11,13-14H,2-6,9,12H2,1H3,(H,22,23);2-7H2,1H3;1-2H3;1-2H;1H,(H2,2,3). The summed E-state index contributed by atoms with van der Waals surface area (Å²) in [6, 6.07) is 7.23. The van der Waals surface area contributed by atoms with Crippen LogP contribution in [0, 0.1) is 18.3 Å². The Morgan fingerprint density at radius 2 is 1.71 bits per heavy atom. The zero-order valence-electron chi connectivity index (χ0n) is 26.0. The second-order valence-corrected chi connectivity index (χ2v) is 10.5. The number of hydrogen-bond donors (Lipinski definition) is 2. The molecule has 0 bridgehead atoms. The molecule has 1 aliphatic heterocycles. The summed E-state index contributed by atoms with van der Waals surface area (Å²) < 4.78 is 5.57. The van der Waals surface area contributed by atoms with E-state index in [4.69, 9.17) is 9.21 Å². The van der Waals surface area contributed by atoms with Gasteiger partial charge in [-0.25, -0.2) is 4.98 Å². The maximum atomic E-state index is 12.6. The molecule has 3 N–H and O–H groups in total. The van der Waals surface area contributed by atoms with Crippen molar-refractivity contribution >= 4 is 23.2 Å². The number of aromatic nitrogens is 2. The highest BCUT2D eigenvalue weighted by Crippen LogP contribution is 2.53. The number of terminal acetylenes is 1. The minimum absolute atomic E-state index is 0.0531. The molecule has 1 aliphatic carbocycles. The number of nitrogens with zero attached hydrogens (tertiary/aromatic N) is 2. The van der Waals surface area contributed by atoms with Gasteiger partial charge in [-0.1, -0.05) is 45.7 Å². The SMILES string of the molecule is C#C.CC.CCC(=O)CCCCCCc1ncc(-c2coc3ccccc3c2=O)[nH]1.CN1CCC2(CC1)CC2.NC=O. The van der Waals surface area contributed by atoms with Crippen LogP contribution in [0.1, 0.15) is 90.8 Å². The first-order valence-electron chi connectivity index (χ1n) is 15.1. The largest absolute Gasteiger partial charge is 0.463 e. The first-order chi connectivity index (χ1) is 20.4. The third-order valence-corrected chi connectivity index (χ3v) is 7.62. The van der Waals surface area contributed by atoms with Gasteiger partial charge < -0.3 is 20.0 Å². The van der Waals surface area contributed by atoms with Crippen molar-refractivity contribution in [2.75, 3.05) is 20.1 Å². The van der Waals surface area contributed by atoms with Gasteiger partial charge in [-0.2, -0.15) is 0 Å². The molecular formula is C34H50N4O4. The fourth-order valence-corrected chi connectivity index (χ4v) is 4.80. The van der Waals surface area contributed by atoms with Crippen LogP contribution in [0.2, 0.25) is 0 Å². The topological polar surface area (TPSA) is 122 Å². The van der Waals surface area contributed by atoms with Crippen LogP contribution in [0.4, 0.5) is 0 Å². The van der Waals surface area contributed by atoms with Crippen LogP contribution in [0.5, 0.6) is 0 Å². The number of benzene rings is 1. The third kappa shape index (κ3) is 12.0. The maximum Gasteiger partial charge on any atom is 0.204 e. The molecular weight excluding hydrogens is 528 g/mol. The van der Waals surface area contributed by atoms with Crippen molar-refractivity contribution in [3.63, 3.8) is 0 Å². The van der Waals surface area contributed by atoms with Gasteiger partial charge in [-0.3, -0.25) is 14.4 Å². The lowest BCUT2D eigenvalue weighted by molar-refractivity contribution is -0.118. The second kappa shape index (κ2) is 20.2. The normalized spacial score (nSPS) is 14.4. The van der Waals surface area contributed by atoms with Gasteiger partial charge >= 0.3 is 0 Å². The van der Waals surface area contributed by atoms with Crippen molar-refractivity contribution in [3.8, 4) is 24.1 Å². The van der Waals surface area contributed by atoms with Crippen LogP contribution in [0.15, 0.2) is 45.9 Å². The molecule has 8 nitrogen and oxygen atoms in total. The van der Waals surface area contributed by atoms with Crippen molar-refractivity contribution in [2.24, 2.45) is 11.1 Å². The maximum absolute atomic E-state index is 12.6. The van der Waals surface area contributed by atoms with Gasteiger partial charge in [-0.15, -0.1) is 12.8 Å². The van der Waals surface area contributed by atoms with Crippen molar-refractivity contribution < 1.29 is 14.0 Å². The number of piperidine rings is 1. The Morgan fingerprint density at radius 1 is 1.10 bits per heavy atom. The average Bonchev–Trinajstić information content (AvgIpc) is 3.63. The van der Waals surface area contributed by atoms with Gasteiger partial charge in [0.15, 0.2) is 0 Å². The number of carbonyl (C=O) groups excluding carboxylic acids is 2. The number of carbonyl (C=O) groups is 2. The molecule has 1 aromatic carbocycles. The Kier molecular flexibility index (Phi) is 17.5. The Labute approximate surface area is 251 Å². The minimum atomic E-state index is -0.0531. The molecule has 230 valence electrons. The number of aromatic amines is 1. The van der Waals surface area contributed by atoms with Gasteiger partial charge in [0.05, 0.1) is 22.8 Å². The number of aryl methyl sites for hydroxylation is 1. The number of imidazole rings is 1. The molecule has 0 atom stereocenters. The number of likely N-dealkylation sites (tertiary alicyclic amines) is 1. The summed E-state index contributed by atoms with van der Waals surface area (Å²) in [5.74, 6) is 1.21. The summed E-state index contributed by atoms with van der Waals surface area (Å²) in [7, 11) is 2.23. The van der Waals surface area contributed by atoms with Crippen LogP contribution in [0.3, 0.4) is 0 Å². The van der Waals surface area contributed by atoms with Crippen LogP contribution in [-0.4, -0.2) is 47.2 Å². The van der Waals surface area contributed by atoms with E-state index in [1.807, 2.05) is 32.9 Å². The van der Waals surface area contributed by atoms with Gasteiger partial charge in [0.1, 0.15) is 23.5 Å². The molecule has 1 saturated heterocycles. The zero-order chi connectivity index (χ0) is 31.4. The van der Waals surface area contributed by atoms with Gasteiger partial charge in [0, 0.05) is 19.3 Å². The van der Waals surface area contributed by atoms with Crippen molar-refractivity contribution in [1.29, 1.82) is 0 Å². The summed E-state index contributed by atoms with van der Waals surface area (Å²) in [4.78, 5) is 42.5. The summed E-state index contributed by atoms with van der Waals surface area (Å²) in [6.45, 7) is 8.60. The molecule has 3 heterocycles. The summed E-state index contributed by atoms with van der Waals surface area (Å²) in [5, 5.41) is 0.572. The second-order valence-electron chi connectivity index (χ2n) is 10.5. The molecule has 1 amide bonds. The number of ketones is 1. The number of nitrogens with one attached hydrogen (secondary N) is 1. The van der Waals surface area contributed by atoms with Crippen LogP contribution in [-0.2, 0) is 16.0 Å². The number of H-pyrrole nitrogens is 1. The molecule has 2 aliphatic rings. The quantitative estimate of drug-likeness (QED) is 0.169. The number of primary amides is 1. The highest BCUT2D eigenvalue weighted by Gasteiger charge is 2.43. The molecule has 1 spiro atoms.